The number of ether oxygens (including phenoxy) is 1. The van der Waals surface area contributed by atoms with Crippen molar-refractivity contribution in [3.8, 4) is 5.75 Å². The molecular weight excluding hydrogens is 233 g/mol. The predicted octanol–water partition coefficient (Wildman–Crippen LogP) is 2.75. The number of amides is 1. The molecule has 0 aliphatic carbocycles. The molecular formula is C14H20FNO2. The van der Waals surface area contributed by atoms with E-state index in [9.17, 15) is 9.18 Å². The highest BCUT2D eigenvalue weighted by molar-refractivity contribution is 5.80. The summed E-state index contributed by atoms with van der Waals surface area (Å²) in [6.45, 7) is 7.65. The summed E-state index contributed by atoms with van der Waals surface area (Å²) in [5.41, 5.74) is 0. The highest BCUT2D eigenvalue weighted by atomic mass is 19.1. The molecule has 4 heteroatoms. The van der Waals surface area contributed by atoms with Gasteiger partial charge in [-0.05, 0) is 31.9 Å². The zero-order valence-electron chi connectivity index (χ0n) is 11.2. The van der Waals surface area contributed by atoms with E-state index in [-0.39, 0.29) is 17.8 Å². The summed E-state index contributed by atoms with van der Waals surface area (Å²) >= 11 is 0. The van der Waals surface area contributed by atoms with Crippen molar-refractivity contribution in [1.82, 2.24) is 5.32 Å². The summed E-state index contributed by atoms with van der Waals surface area (Å²) < 4.78 is 18.3. The van der Waals surface area contributed by atoms with Gasteiger partial charge in [0.15, 0.2) is 6.10 Å². The number of hydrogen-bond donors (Lipinski definition) is 1. The lowest BCUT2D eigenvalue weighted by Crippen LogP contribution is -2.43. The largest absolute Gasteiger partial charge is 0.481 e. The van der Waals surface area contributed by atoms with Crippen LogP contribution in [0.15, 0.2) is 24.3 Å². The summed E-state index contributed by atoms with van der Waals surface area (Å²) in [6, 6.07) is 5.84. The van der Waals surface area contributed by atoms with Crippen LogP contribution in [0.25, 0.3) is 0 Å². The smallest absolute Gasteiger partial charge is 0.260 e. The first kappa shape index (κ1) is 14.5. The summed E-state index contributed by atoms with van der Waals surface area (Å²) in [4.78, 5) is 11.8. The van der Waals surface area contributed by atoms with Gasteiger partial charge >= 0.3 is 0 Å². The topological polar surface area (TPSA) is 38.3 Å². The minimum absolute atomic E-state index is 0.0797. The quantitative estimate of drug-likeness (QED) is 0.876. The second kappa shape index (κ2) is 6.38. The fraction of sp³-hybridized carbons (Fsp3) is 0.500. The van der Waals surface area contributed by atoms with Crippen LogP contribution >= 0.6 is 0 Å². The Morgan fingerprint density at radius 1 is 1.28 bits per heavy atom. The predicted molar refractivity (Wildman–Crippen MR) is 68.9 cm³/mol. The monoisotopic (exact) mass is 253 g/mol. The lowest BCUT2D eigenvalue weighted by atomic mass is 10.1. The molecule has 0 fully saturated rings. The van der Waals surface area contributed by atoms with E-state index in [4.69, 9.17) is 4.74 Å². The molecule has 0 aliphatic heterocycles. The first-order valence-electron chi connectivity index (χ1n) is 6.12. The molecule has 0 bridgehead atoms. The minimum Gasteiger partial charge on any atom is -0.481 e. The van der Waals surface area contributed by atoms with Gasteiger partial charge in [-0.1, -0.05) is 19.9 Å². The van der Waals surface area contributed by atoms with Crippen molar-refractivity contribution in [3.05, 3.63) is 30.1 Å². The minimum atomic E-state index is -0.645. The Labute approximate surface area is 107 Å². The van der Waals surface area contributed by atoms with Crippen molar-refractivity contribution in [2.24, 2.45) is 5.92 Å². The van der Waals surface area contributed by atoms with E-state index in [1.165, 1.54) is 12.1 Å². The van der Waals surface area contributed by atoms with Gasteiger partial charge in [-0.2, -0.15) is 0 Å². The fourth-order valence-corrected chi connectivity index (χ4v) is 1.31. The second-order valence-corrected chi connectivity index (χ2v) is 4.76. The Hall–Kier alpha value is -1.58. The van der Waals surface area contributed by atoms with Crippen molar-refractivity contribution >= 4 is 5.91 Å². The van der Waals surface area contributed by atoms with Crippen LogP contribution in [0.5, 0.6) is 5.75 Å². The number of hydrogen-bond acceptors (Lipinski definition) is 2. The Bertz CT molecular complexity index is 407. The van der Waals surface area contributed by atoms with Crippen LogP contribution in [-0.2, 0) is 4.79 Å². The molecule has 18 heavy (non-hydrogen) atoms. The van der Waals surface area contributed by atoms with Gasteiger partial charge in [-0.3, -0.25) is 4.79 Å². The molecule has 0 saturated carbocycles. The van der Waals surface area contributed by atoms with Crippen molar-refractivity contribution in [1.29, 1.82) is 0 Å². The van der Waals surface area contributed by atoms with Gasteiger partial charge in [0, 0.05) is 12.1 Å². The van der Waals surface area contributed by atoms with E-state index in [0.29, 0.717) is 11.7 Å². The number of carbonyl (C=O) groups is 1. The normalized spacial score (nSPS) is 14.1. The Morgan fingerprint density at radius 3 is 2.50 bits per heavy atom. The second-order valence-electron chi connectivity index (χ2n) is 4.76. The van der Waals surface area contributed by atoms with Crippen LogP contribution in [0.1, 0.15) is 27.7 Å². The Balaban J connectivity index is 2.55. The Morgan fingerprint density at radius 2 is 1.94 bits per heavy atom. The molecule has 0 aliphatic rings. The van der Waals surface area contributed by atoms with Crippen molar-refractivity contribution < 1.29 is 13.9 Å². The first-order valence-corrected chi connectivity index (χ1v) is 6.12. The van der Waals surface area contributed by atoms with Gasteiger partial charge in [0.2, 0.25) is 0 Å². The first-order chi connectivity index (χ1) is 8.40. The van der Waals surface area contributed by atoms with Gasteiger partial charge in [-0.25, -0.2) is 4.39 Å². The molecule has 2 unspecified atom stereocenters. The van der Waals surface area contributed by atoms with E-state index in [0.717, 1.165) is 0 Å². The van der Waals surface area contributed by atoms with Crippen LogP contribution in [0.2, 0.25) is 0 Å². The number of benzene rings is 1. The average molecular weight is 253 g/mol. The molecule has 1 N–H and O–H groups in total. The maximum Gasteiger partial charge on any atom is 0.260 e. The molecule has 1 amide bonds. The van der Waals surface area contributed by atoms with E-state index < -0.39 is 6.10 Å². The fourth-order valence-electron chi connectivity index (χ4n) is 1.31. The van der Waals surface area contributed by atoms with Crippen molar-refractivity contribution in [2.45, 2.75) is 39.8 Å². The van der Waals surface area contributed by atoms with Crippen LogP contribution in [-0.4, -0.2) is 18.1 Å². The van der Waals surface area contributed by atoms with E-state index >= 15 is 0 Å². The third kappa shape index (κ3) is 4.35. The highest BCUT2D eigenvalue weighted by Gasteiger charge is 2.18. The van der Waals surface area contributed by atoms with Gasteiger partial charge < -0.3 is 10.1 Å². The molecule has 100 valence electrons. The standard InChI is InChI=1S/C14H20FNO2/c1-9(2)10(3)16-14(17)11(4)18-13-7-5-6-12(15)8-13/h5-11H,1-4H3,(H,16,17). The summed E-state index contributed by atoms with van der Waals surface area (Å²) in [6.07, 6.45) is -0.645. The number of halogens is 1. The third-order valence-corrected chi connectivity index (χ3v) is 2.85. The zero-order valence-corrected chi connectivity index (χ0v) is 11.2. The molecule has 1 aromatic rings. The van der Waals surface area contributed by atoms with E-state index in [1.807, 2.05) is 20.8 Å². The van der Waals surface area contributed by atoms with Gasteiger partial charge in [0.25, 0.3) is 5.91 Å². The van der Waals surface area contributed by atoms with Crippen LogP contribution in [0.3, 0.4) is 0 Å². The summed E-state index contributed by atoms with van der Waals surface area (Å²) in [5, 5.41) is 2.86. The molecule has 2 atom stereocenters. The summed E-state index contributed by atoms with van der Waals surface area (Å²) in [7, 11) is 0. The lowest BCUT2D eigenvalue weighted by molar-refractivity contribution is -0.128. The van der Waals surface area contributed by atoms with Crippen molar-refractivity contribution in [2.75, 3.05) is 0 Å². The Kier molecular flexibility index (Phi) is 5.13. The molecule has 0 aromatic heterocycles. The van der Waals surface area contributed by atoms with E-state index in [2.05, 4.69) is 5.32 Å². The van der Waals surface area contributed by atoms with Gasteiger partial charge in [-0.15, -0.1) is 0 Å². The number of carbonyl (C=O) groups excluding carboxylic acids is 1. The molecule has 0 saturated heterocycles. The zero-order chi connectivity index (χ0) is 13.7. The number of rotatable bonds is 5. The molecule has 1 aromatic carbocycles. The average Bonchev–Trinajstić information content (AvgIpc) is 2.28. The molecule has 0 heterocycles. The van der Waals surface area contributed by atoms with Crippen LogP contribution < -0.4 is 10.1 Å². The number of nitrogens with one attached hydrogen (secondary N) is 1. The maximum absolute atomic E-state index is 13.0. The third-order valence-electron chi connectivity index (χ3n) is 2.85. The molecule has 0 spiro atoms. The lowest BCUT2D eigenvalue weighted by Gasteiger charge is -2.21. The summed E-state index contributed by atoms with van der Waals surface area (Å²) in [5.74, 6) is 0.140. The SMILES string of the molecule is CC(Oc1cccc(F)c1)C(=O)NC(C)C(C)C. The van der Waals surface area contributed by atoms with Gasteiger partial charge in [0.05, 0.1) is 0 Å². The van der Waals surface area contributed by atoms with Crippen molar-refractivity contribution in [3.63, 3.8) is 0 Å². The van der Waals surface area contributed by atoms with Crippen LogP contribution in [0.4, 0.5) is 4.39 Å². The molecule has 0 radical (unpaired) electrons. The molecule has 1 rings (SSSR count). The highest BCUT2D eigenvalue weighted by Crippen LogP contribution is 2.14. The van der Waals surface area contributed by atoms with E-state index in [1.54, 1.807) is 19.1 Å². The van der Waals surface area contributed by atoms with Crippen LogP contribution in [0, 0.1) is 11.7 Å². The van der Waals surface area contributed by atoms with Gasteiger partial charge in [0.1, 0.15) is 11.6 Å². The maximum atomic E-state index is 13.0. The molecule has 3 nitrogen and oxygen atoms in total.